The number of pyridine rings is 1. The Morgan fingerprint density at radius 2 is 2.28 bits per heavy atom. The summed E-state index contributed by atoms with van der Waals surface area (Å²) in [5.74, 6) is 0. The van der Waals surface area contributed by atoms with E-state index in [0.29, 0.717) is 0 Å². The van der Waals surface area contributed by atoms with Gasteiger partial charge in [-0.05, 0) is 18.6 Å². The lowest BCUT2D eigenvalue weighted by molar-refractivity contribution is 0.680. The molecular formula is C13H14N4S. The maximum absolute atomic E-state index is 4.52. The fourth-order valence-corrected chi connectivity index (χ4v) is 2.52. The first-order valence-corrected chi connectivity index (χ1v) is 6.72. The van der Waals surface area contributed by atoms with E-state index in [1.54, 1.807) is 11.3 Å². The molecule has 0 saturated heterocycles. The molecule has 0 bridgehead atoms. The first-order chi connectivity index (χ1) is 8.81. The smallest absolute Gasteiger partial charge is 0.193 e. The number of rotatable bonds is 4. The molecule has 0 aromatic carbocycles. The maximum Gasteiger partial charge on any atom is 0.193 e. The van der Waals surface area contributed by atoms with Crippen LogP contribution < -0.4 is 5.32 Å². The van der Waals surface area contributed by atoms with Crippen LogP contribution in [0.2, 0.25) is 0 Å². The monoisotopic (exact) mass is 258 g/mol. The predicted octanol–water partition coefficient (Wildman–Crippen LogP) is 2.39. The van der Waals surface area contributed by atoms with Gasteiger partial charge in [0.2, 0.25) is 0 Å². The number of fused-ring (bicyclic) bond motifs is 1. The second-order valence-electron chi connectivity index (χ2n) is 4.24. The van der Waals surface area contributed by atoms with Gasteiger partial charge in [-0.2, -0.15) is 0 Å². The highest BCUT2D eigenvalue weighted by Gasteiger charge is 2.01. The summed E-state index contributed by atoms with van der Waals surface area (Å²) in [5, 5.41) is 5.42. The second kappa shape index (κ2) is 4.88. The number of thiazole rings is 1. The largest absolute Gasteiger partial charge is 0.307 e. The number of aromatic nitrogens is 3. The van der Waals surface area contributed by atoms with Crippen molar-refractivity contribution in [2.24, 2.45) is 0 Å². The zero-order valence-corrected chi connectivity index (χ0v) is 10.9. The third-order valence-electron chi connectivity index (χ3n) is 2.75. The lowest BCUT2D eigenvalue weighted by Crippen LogP contribution is -2.13. The Labute approximate surface area is 109 Å². The van der Waals surface area contributed by atoms with E-state index in [1.165, 1.54) is 5.56 Å². The summed E-state index contributed by atoms with van der Waals surface area (Å²) in [6.07, 6.45) is 6.00. The van der Waals surface area contributed by atoms with Crippen LogP contribution in [0.3, 0.4) is 0 Å². The molecule has 3 heterocycles. The molecule has 0 saturated carbocycles. The third kappa shape index (κ3) is 2.42. The minimum atomic E-state index is 0.780. The Bertz CT molecular complexity index is 610. The van der Waals surface area contributed by atoms with Gasteiger partial charge in [-0.1, -0.05) is 6.07 Å². The number of nitrogens with one attached hydrogen (secondary N) is 1. The SMILES string of the molecule is Cc1ccc(CNCc2cn3ccsc3n2)cn1. The van der Waals surface area contributed by atoms with Crippen LogP contribution in [0, 0.1) is 6.92 Å². The van der Waals surface area contributed by atoms with E-state index in [1.807, 2.05) is 30.8 Å². The van der Waals surface area contributed by atoms with Crippen LogP contribution in [-0.2, 0) is 13.1 Å². The third-order valence-corrected chi connectivity index (χ3v) is 3.52. The number of nitrogens with zero attached hydrogens (tertiary/aromatic N) is 3. The number of hydrogen-bond acceptors (Lipinski definition) is 4. The molecule has 0 radical (unpaired) electrons. The Kier molecular flexibility index (Phi) is 3.08. The van der Waals surface area contributed by atoms with Crippen molar-refractivity contribution in [2.75, 3.05) is 0 Å². The van der Waals surface area contributed by atoms with Crippen molar-refractivity contribution in [1.82, 2.24) is 19.7 Å². The highest BCUT2D eigenvalue weighted by molar-refractivity contribution is 7.15. The van der Waals surface area contributed by atoms with E-state index in [-0.39, 0.29) is 0 Å². The van der Waals surface area contributed by atoms with Crippen LogP contribution in [0.4, 0.5) is 0 Å². The molecule has 0 aliphatic carbocycles. The first kappa shape index (κ1) is 11.4. The van der Waals surface area contributed by atoms with Gasteiger partial charge in [-0.15, -0.1) is 11.3 Å². The van der Waals surface area contributed by atoms with Crippen molar-refractivity contribution in [3.63, 3.8) is 0 Å². The molecule has 0 unspecified atom stereocenters. The number of imidazole rings is 1. The van der Waals surface area contributed by atoms with Crippen molar-refractivity contribution < 1.29 is 0 Å². The van der Waals surface area contributed by atoms with Gasteiger partial charge in [0.1, 0.15) is 0 Å². The molecule has 4 nitrogen and oxygen atoms in total. The van der Waals surface area contributed by atoms with Crippen LogP contribution in [0.1, 0.15) is 17.0 Å². The summed E-state index contributed by atoms with van der Waals surface area (Å²) in [4.78, 5) is 9.84. The highest BCUT2D eigenvalue weighted by atomic mass is 32.1. The van der Waals surface area contributed by atoms with E-state index in [4.69, 9.17) is 0 Å². The quantitative estimate of drug-likeness (QED) is 0.781. The molecular weight excluding hydrogens is 244 g/mol. The van der Waals surface area contributed by atoms with Gasteiger partial charge in [0.15, 0.2) is 4.96 Å². The van der Waals surface area contributed by atoms with Crippen LogP contribution >= 0.6 is 11.3 Å². The van der Waals surface area contributed by atoms with E-state index in [9.17, 15) is 0 Å². The maximum atomic E-state index is 4.52. The minimum Gasteiger partial charge on any atom is -0.307 e. The molecule has 18 heavy (non-hydrogen) atoms. The van der Waals surface area contributed by atoms with Gasteiger partial charge in [0.05, 0.1) is 5.69 Å². The number of hydrogen-bond donors (Lipinski definition) is 1. The fourth-order valence-electron chi connectivity index (χ4n) is 1.80. The Balaban J connectivity index is 1.58. The van der Waals surface area contributed by atoms with Crippen molar-refractivity contribution in [2.45, 2.75) is 20.0 Å². The van der Waals surface area contributed by atoms with Crippen LogP contribution in [0.15, 0.2) is 36.1 Å². The zero-order chi connectivity index (χ0) is 12.4. The van der Waals surface area contributed by atoms with Gasteiger partial charge >= 0.3 is 0 Å². The molecule has 92 valence electrons. The predicted molar refractivity (Wildman–Crippen MR) is 72.6 cm³/mol. The Morgan fingerprint density at radius 3 is 3.06 bits per heavy atom. The highest BCUT2D eigenvalue weighted by Crippen LogP contribution is 2.11. The van der Waals surface area contributed by atoms with Gasteiger partial charge in [-0.25, -0.2) is 4.98 Å². The summed E-state index contributed by atoms with van der Waals surface area (Å²) < 4.78 is 2.05. The Hall–Kier alpha value is -1.72. The van der Waals surface area contributed by atoms with Crippen molar-refractivity contribution >= 4 is 16.3 Å². The van der Waals surface area contributed by atoms with E-state index < -0.39 is 0 Å². The fraction of sp³-hybridized carbons (Fsp3) is 0.231. The molecule has 0 amide bonds. The average Bonchev–Trinajstić information content (AvgIpc) is 2.92. The van der Waals surface area contributed by atoms with Crippen LogP contribution in [0.5, 0.6) is 0 Å². The lowest BCUT2D eigenvalue weighted by Gasteiger charge is -2.02. The summed E-state index contributed by atoms with van der Waals surface area (Å²) in [6.45, 7) is 3.59. The Morgan fingerprint density at radius 1 is 1.33 bits per heavy atom. The molecule has 5 heteroatoms. The molecule has 0 spiro atoms. The van der Waals surface area contributed by atoms with Gasteiger partial charge < -0.3 is 5.32 Å². The number of aryl methyl sites for hydroxylation is 1. The first-order valence-electron chi connectivity index (χ1n) is 5.84. The minimum absolute atomic E-state index is 0.780. The van der Waals surface area contributed by atoms with Crippen molar-refractivity contribution in [3.8, 4) is 0 Å². The van der Waals surface area contributed by atoms with Crippen LogP contribution in [-0.4, -0.2) is 14.4 Å². The standard InChI is InChI=1S/C13H14N4S/c1-10-2-3-11(7-15-10)6-14-8-12-9-17-4-5-18-13(17)16-12/h2-5,7,9,14H,6,8H2,1H3. The van der Waals surface area contributed by atoms with Gasteiger partial charge in [0, 0.05) is 42.8 Å². The summed E-state index contributed by atoms with van der Waals surface area (Å²) in [7, 11) is 0. The molecule has 0 aliphatic heterocycles. The summed E-state index contributed by atoms with van der Waals surface area (Å²) in [6, 6.07) is 4.13. The lowest BCUT2D eigenvalue weighted by atomic mass is 10.2. The topological polar surface area (TPSA) is 42.2 Å². The van der Waals surface area contributed by atoms with Gasteiger partial charge in [-0.3, -0.25) is 9.38 Å². The molecule has 3 aromatic rings. The van der Waals surface area contributed by atoms with Crippen LogP contribution in [0.25, 0.3) is 4.96 Å². The van der Waals surface area contributed by atoms with E-state index in [2.05, 4.69) is 31.9 Å². The summed E-state index contributed by atoms with van der Waals surface area (Å²) >= 11 is 1.65. The zero-order valence-electron chi connectivity index (χ0n) is 10.1. The molecule has 0 fully saturated rings. The molecule has 3 aromatic heterocycles. The molecule has 0 aliphatic rings. The van der Waals surface area contributed by atoms with Crippen molar-refractivity contribution in [3.05, 3.63) is 53.1 Å². The van der Waals surface area contributed by atoms with Crippen molar-refractivity contribution in [1.29, 1.82) is 0 Å². The summed E-state index contributed by atoms with van der Waals surface area (Å²) in [5.41, 5.74) is 3.32. The van der Waals surface area contributed by atoms with Gasteiger partial charge in [0.25, 0.3) is 0 Å². The van der Waals surface area contributed by atoms with E-state index >= 15 is 0 Å². The normalized spacial score (nSPS) is 11.2. The second-order valence-corrected chi connectivity index (χ2v) is 5.11. The van der Waals surface area contributed by atoms with E-state index in [0.717, 1.165) is 29.4 Å². The molecule has 0 atom stereocenters. The molecule has 1 N–H and O–H groups in total. The molecule has 3 rings (SSSR count). The average molecular weight is 258 g/mol.